The Hall–Kier alpha value is -4.14. The summed E-state index contributed by atoms with van der Waals surface area (Å²) in [6, 6.07) is 11.9. The molecule has 1 aliphatic carbocycles. The third-order valence-electron chi connectivity index (χ3n) is 7.93. The number of hydroxylamine groups is 3. The highest BCUT2D eigenvalue weighted by Crippen LogP contribution is 2.47. The molecule has 0 radical (unpaired) electrons. The summed E-state index contributed by atoms with van der Waals surface area (Å²) in [5, 5.41) is 5.54. The van der Waals surface area contributed by atoms with E-state index in [1.807, 2.05) is 36.4 Å². The van der Waals surface area contributed by atoms with Crippen molar-refractivity contribution in [2.45, 2.75) is 44.6 Å². The first-order chi connectivity index (χ1) is 19.9. The van der Waals surface area contributed by atoms with Crippen molar-refractivity contribution in [1.29, 1.82) is 0 Å². The minimum absolute atomic E-state index is 0.153. The smallest absolute Gasteiger partial charge is 0.276 e. The summed E-state index contributed by atoms with van der Waals surface area (Å²) < 4.78 is 7.76. The number of likely N-dealkylation sites (N-methyl/N-ethyl adjacent to an activating group) is 1. The van der Waals surface area contributed by atoms with Gasteiger partial charge in [0.25, 0.3) is 5.91 Å². The summed E-state index contributed by atoms with van der Waals surface area (Å²) in [6.45, 7) is 8.62. The van der Waals surface area contributed by atoms with Crippen LogP contribution in [0.4, 0.5) is 0 Å². The molecule has 1 aliphatic heterocycles. The maximum Gasteiger partial charge on any atom is 0.276 e. The zero-order valence-corrected chi connectivity index (χ0v) is 23.9. The Kier molecular flexibility index (Phi) is 8.71. The van der Waals surface area contributed by atoms with Crippen LogP contribution in [0.2, 0.25) is 0 Å². The van der Waals surface area contributed by atoms with E-state index in [1.54, 1.807) is 26.3 Å². The van der Waals surface area contributed by atoms with Gasteiger partial charge in [0.2, 0.25) is 5.91 Å². The summed E-state index contributed by atoms with van der Waals surface area (Å²) in [7, 11) is 3.36. The van der Waals surface area contributed by atoms with Gasteiger partial charge < -0.3 is 14.6 Å². The second-order valence-corrected chi connectivity index (χ2v) is 10.7. The number of ether oxygens (including phenoxy) is 1. The van der Waals surface area contributed by atoms with Gasteiger partial charge in [0.1, 0.15) is 5.75 Å². The number of rotatable bonds is 10. The molecule has 41 heavy (non-hydrogen) atoms. The number of nitrogens with one attached hydrogen (secondary N) is 2. The lowest BCUT2D eigenvalue weighted by Gasteiger charge is -2.24. The van der Waals surface area contributed by atoms with E-state index in [4.69, 9.17) is 9.68 Å². The fraction of sp³-hybridized carbons (Fsp3) is 0.333. The van der Waals surface area contributed by atoms with Crippen molar-refractivity contribution in [1.82, 2.24) is 20.4 Å². The Morgan fingerprint density at radius 3 is 2.61 bits per heavy atom. The van der Waals surface area contributed by atoms with Crippen LogP contribution in [0.25, 0.3) is 28.2 Å². The molecule has 2 heterocycles. The van der Waals surface area contributed by atoms with Crippen LogP contribution in [0.15, 0.2) is 67.3 Å². The van der Waals surface area contributed by atoms with Crippen LogP contribution >= 0.6 is 0 Å². The fourth-order valence-electron chi connectivity index (χ4n) is 6.00. The molecule has 2 aromatic carbocycles. The molecule has 3 aromatic rings. The fourth-order valence-corrected chi connectivity index (χ4v) is 6.00. The molecular formula is C33H38N4O4. The van der Waals surface area contributed by atoms with Crippen LogP contribution in [-0.2, 0) is 16.3 Å². The van der Waals surface area contributed by atoms with Gasteiger partial charge in [0.05, 0.1) is 19.3 Å². The van der Waals surface area contributed by atoms with Gasteiger partial charge >= 0.3 is 0 Å². The number of nitrogens with zero attached hydrogens (tertiary/aromatic N) is 2. The van der Waals surface area contributed by atoms with E-state index in [0.717, 1.165) is 46.3 Å². The third kappa shape index (κ3) is 5.85. The van der Waals surface area contributed by atoms with Gasteiger partial charge in [0, 0.05) is 47.7 Å². The molecule has 0 spiro atoms. The summed E-state index contributed by atoms with van der Waals surface area (Å²) in [6.07, 6.45) is 11.2. The molecule has 2 N–H and O–H groups in total. The van der Waals surface area contributed by atoms with Crippen molar-refractivity contribution in [2.24, 2.45) is 0 Å². The first kappa shape index (κ1) is 28.4. The van der Waals surface area contributed by atoms with Gasteiger partial charge in [-0.15, -0.1) is 13.2 Å². The number of fused-ring (bicyclic) bond motifs is 5. The van der Waals surface area contributed by atoms with Crippen molar-refractivity contribution >= 4 is 28.8 Å². The van der Waals surface area contributed by atoms with Gasteiger partial charge in [-0.05, 0) is 66.3 Å². The van der Waals surface area contributed by atoms with Gasteiger partial charge in [-0.3, -0.25) is 9.59 Å². The second-order valence-electron chi connectivity index (χ2n) is 10.7. The monoisotopic (exact) mass is 554 g/mol. The zero-order chi connectivity index (χ0) is 28.9. The molecule has 0 atom stereocenters. The molecular weight excluding hydrogens is 516 g/mol. The molecule has 2 amide bonds. The average molecular weight is 555 g/mol. The SMILES string of the molecule is C=CCNC(=O)C1=Cc2cc(OC)ccc2-c2c(C3CCCCC3)c3ccc(C(=O)NON(C)CC=C)cc3n2C1. The molecule has 0 bridgehead atoms. The van der Waals surface area contributed by atoms with Crippen LogP contribution in [0.3, 0.4) is 0 Å². The third-order valence-corrected chi connectivity index (χ3v) is 7.93. The molecule has 1 saturated carbocycles. The molecule has 0 saturated heterocycles. The molecule has 8 nitrogen and oxygen atoms in total. The standard InChI is InChI=1S/C33H38N4O4/c1-5-16-34-32(38)25-18-24-19-26(40-4)13-15-27(24)31-30(22-10-8-7-9-11-22)28-14-12-23(20-29(28)37(31)21-25)33(39)35-41-36(3)17-6-2/h5-6,12-15,18-20,22H,1-2,7-11,16-17,21H2,3-4H3,(H,34,38)(H,35,39). The minimum atomic E-state index is -0.351. The molecule has 5 rings (SSSR count). The number of amides is 2. The molecule has 214 valence electrons. The number of carbonyl (C=O) groups is 2. The highest BCUT2D eigenvalue weighted by Gasteiger charge is 2.30. The first-order valence-electron chi connectivity index (χ1n) is 14.2. The number of hydrogen-bond donors (Lipinski definition) is 2. The Morgan fingerprint density at radius 2 is 1.88 bits per heavy atom. The summed E-state index contributed by atoms with van der Waals surface area (Å²) in [4.78, 5) is 31.8. The van der Waals surface area contributed by atoms with Gasteiger partial charge in [-0.1, -0.05) is 37.5 Å². The van der Waals surface area contributed by atoms with Crippen molar-refractivity contribution in [3.8, 4) is 17.0 Å². The minimum Gasteiger partial charge on any atom is -0.497 e. The van der Waals surface area contributed by atoms with Gasteiger partial charge in [0.15, 0.2) is 0 Å². The largest absolute Gasteiger partial charge is 0.497 e. The van der Waals surface area contributed by atoms with Gasteiger partial charge in [-0.2, -0.15) is 10.0 Å². The number of aromatic nitrogens is 1. The first-order valence-corrected chi connectivity index (χ1v) is 14.2. The van der Waals surface area contributed by atoms with E-state index in [2.05, 4.69) is 34.6 Å². The number of hydrogen-bond acceptors (Lipinski definition) is 5. The average Bonchev–Trinajstić information content (AvgIpc) is 3.21. The maximum atomic E-state index is 13.3. The zero-order valence-electron chi connectivity index (χ0n) is 23.9. The van der Waals surface area contributed by atoms with E-state index in [1.165, 1.54) is 29.9 Å². The lowest BCUT2D eigenvalue weighted by atomic mass is 9.81. The highest BCUT2D eigenvalue weighted by molar-refractivity contribution is 6.04. The maximum absolute atomic E-state index is 13.3. The lowest BCUT2D eigenvalue weighted by molar-refractivity contribution is -0.172. The molecule has 2 aliphatic rings. The molecule has 0 unspecified atom stereocenters. The van der Waals surface area contributed by atoms with Crippen LogP contribution in [-0.4, -0.2) is 48.7 Å². The van der Waals surface area contributed by atoms with Crippen LogP contribution in [0.5, 0.6) is 5.75 Å². The lowest BCUT2D eigenvalue weighted by Crippen LogP contribution is -2.32. The van der Waals surface area contributed by atoms with Gasteiger partial charge in [-0.25, -0.2) is 5.48 Å². The van der Waals surface area contributed by atoms with E-state index in [-0.39, 0.29) is 11.8 Å². The van der Waals surface area contributed by atoms with Crippen LogP contribution < -0.4 is 15.5 Å². The molecule has 1 fully saturated rings. The quantitative estimate of drug-likeness (QED) is 0.246. The second kappa shape index (κ2) is 12.6. The van der Waals surface area contributed by atoms with Crippen LogP contribution in [0, 0.1) is 0 Å². The van der Waals surface area contributed by atoms with Crippen LogP contribution in [0.1, 0.15) is 59.5 Å². The van der Waals surface area contributed by atoms with Crippen molar-refractivity contribution in [2.75, 3.05) is 27.2 Å². The van der Waals surface area contributed by atoms with Crippen molar-refractivity contribution in [3.05, 3.63) is 84.0 Å². The number of carbonyl (C=O) groups excluding carboxylic acids is 2. The summed E-state index contributed by atoms with van der Waals surface area (Å²) in [5.41, 5.74) is 8.91. The highest BCUT2D eigenvalue weighted by atomic mass is 16.8. The number of benzene rings is 2. The molecule has 8 heteroatoms. The Bertz CT molecular complexity index is 1510. The Labute approximate surface area is 241 Å². The summed E-state index contributed by atoms with van der Waals surface area (Å²) >= 11 is 0. The van der Waals surface area contributed by atoms with E-state index in [9.17, 15) is 9.59 Å². The Morgan fingerprint density at radius 1 is 1.07 bits per heavy atom. The number of methoxy groups -OCH3 is 1. The van der Waals surface area contributed by atoms with E-state index >= 15 is 0 Å². The molecule has 1 aromatic heterocycles. The van der Waals surface area contributed by atoms with E-state index < -0.39 is 0 Å². The topological polar surface area (TPSA) is 84.8 Å². The van der Waals surface area contributed by atoms with Crippen molar-refractivity contribution in [3.63, 3.8) is 0 Å². The summed E-state index contributed by atoms with van der Waals surface area (Å²) in [5.74, 6) is 0.620. The Balaban J connectivity index is 1.69. The normalized spacial score (nSPS) is 15.0. The van der Waals surface area contributed by atoms with E-state index in [0.29, 0.717) is 36.7 Å². The predicted molar refractivity (Wildman–Crippen MR) is 162 cm³/mol. The van der Waals surface area contributed by atoms with Crippen molar-refractivity contribution < 1.29 is 19.3 Å². The predicted octanol–water partition coefficient (Wildman–Crippen LogP) is 5.76.